The molecule has 6 heteroatoms. The Kier molecular flexibility index (Phi) is 12.8. The predicted molar refractivity (Wildman–Crippen MR) is 226 cm³/mol. The Morgan fingerprint density at radius 1 is 0.444 bits per heavy atom. The topological polar surface area (TPSA) is 99.3 Å². The molecule has 0 aliphatic heterocycles. The monoisotopic (exact) mass is 724 g/mol. The van der Waals surface area contributed by atoms with Crippen molar-refractivity contribution in [3.8, 4) is 0 Å². The fraction of sp³-hybridized carbons (Fsp3) is 0.333. The molecule has 0 aromatic heterocycles. The van der Waals surface area contributed by atoms with Crippen LogP contribution in [0.15, 0.2) is 69.7 Å². The lowest BCUT2D eigenvalue weighted by atomic mass is 9.84. The Morgan fingerprint density at radius 3 is 0.889 bits per heavy atom. The molecule has 0 saturated carbocycles. The Bertz CT molecular complexity index is 2030. The summed E-state index contributed by atoms with van der Waals surface area (Å²) in [7, 11) is 0. The maximum atomic E-state index is 13.3. The van der Waals surface area contributed by atoms with Crippen LogP contribution in [0.2, 0.25) is 0 Å². The van der Waals surface area contributed by atoms with E-state index in [1.165, 1.54) is 26.3 Å². The summed E-state index contributed by atoms with van der Waals surface area (Å²) in [6.45, 7) is 26.8. The number of carbonyl (C=O) groups is 2. The summed E-state index contributed by atoms with van der Waals surface area (Å²) in [6, 6.07) is 15.0. The second-order valence-electron chi connectivity index (χ2n) is 15.3. The quantitative estimate of drug-likeness (QED) is 0.0913. The SMILES string of the molecule is CC(=O)/C(C=N[C@H](c1c(C)cc(C)cc1C)[C@H](N=C/C(C(C)=O)=C(\O)c1c(C)cc(C)cc1C)c1c(C)cc(C)cc1C)=C(\O)c1c(C)cc(C)cc1C. The van der Waals surface area contributed by atoms with E-state index in [9.17, 15) is 19.8 Å². The highest BCUT2D eigenvalue weighted by Crippen LogP contribution is 2.42. The highest BCUT2D eigenvalue weighted by atomic mass is 16.3. The first-order valence-electron chi connectivity index (χ1n) is 18.5. The number of benzene rings is 4. The first-order chi connectivity index (χ1) is 25.2. The van der Waals surface area contributed by atoms with Crippen LogP contribution in [-0.2, 0) is 9.59 Å². The largest absolute Gasteiger partial charge is 0.506 e. The molecule has 0 amide bonds. The zero-order chi connectivity index (χ0) is 40.3. The summed E-state index contributed by atoms with van der Waals surface area (Å²) in [6.07, 6.45) is 2.97. The lowest BCUT2D eigenvalue weighted by Gasteiger charge is -2.28. The summed E-state index contributed by atoms with van der Waals surface area (Å²) in [5, 5.41) is 23.5. The second kappa shape index (κ2) is 16.8. The summed E-state index contributed by atoms with van der Waals surface area (Å²) in [4.78, 5) is 37.0. The molecule has 4 aromatic rings. The summed E-state index contributed by atoms with van der Waals surface area (Å²) in [5.74, 6) is -0.915. The van der Waals surface area contributed by atoms with Gasteiger partial charge in [-0.15, -0.1) is 0 Å². The van der Waals surface area contributed by atoms with Gasteiger partial charge in [0.05, 0.1) is 11.1 Å². The number of allylic oxidation sites excluding steroid dienone is 2. The number of Topliss-reactive ketones (excluding diaryl/α,β-unsaturated/α-hetero) is 2. The number of ketones is 2. The van der Waals surface area contributed by atoms with E-state index in [0.29, 0.717) is 11.1 Å². The average Bonchev–Trinajstić information content (AvgIpc) is 3.01. The van der Waals surface area contributed by atoms with Crippen LogP contribution >= 0.6 is 0 Å². The summed E-state index contributed by atoms with van der Waals surface area (Å²) >= 11 is 0. The van der Waals surface area contributed by atoms with Crippen molar-refractivity contribution in [2.75, 3.05) is 0 Å². The van der Waals surface area contributed by atoms with Crippen LogP contribution in [-0.4, -0.2) is 34.2 Å². The van der Waals surface area contributed by atoms with Gasteiger partial charge in [0.25, 0.3) is 0 Å². The minimum Gasteiger partial charge on any atom is -0.506 e. The van der Waals surface area contributed by atoms with Gasteiger partial charge in [-0.1, -0.05) is 70.8 Å². The van der Waals surface area contributed by atoms with Crippen molar-refractivity contribution in [3.05, 3.63) is 149 Å². The van der Waals surface area contributed by atoms with Gasteiger partial charge in [0.15, 0.2) is 11.6 Å². The van der Waals surface area contributed by atoms with Gasteiger partial charge in [-0.3, -0.25) is 19.6 Å². The number of aliphatic hydroxyl groups excluding tert-OH is 2. The van der Waals surface area contributed by atoms with Crippen LogP contribution in [0.25, 0.3) is 11.5 Å². The van der Waals surface area contributed by atoms with Crippen molar-refractivity contribution >= 4 is 35.5 Å². The molecule has 282 valence electrons. The lowest BCUT2D eigenvalue weighted by Crippen LogP contribution is -2.16. The van der Waals surface area contributed by atoms with Crippen molar-refractivity contribution in [1.82, 2.24) is 0 Å². The van der Waals surface area contributed by atoms with Crippen molar-refractivity contribution in [1.29, 1.82) is 0 Å². The zero-order valence-electron chi connectivity index (χ0n) is 34.5. The van der Waals surface area contributed by atoms with Gasteiger partial charge in [0, 0.05) is 23.6 Å². The molecule has 4 rings (SSSR count). The molecule has 0 radical (unpaired) electrons. The van der Waals surface area contributed by atoms with E-state index in [0.717, 1.165) is 77.9 Å². The smallest absolute Gasteiger partial charge is 0.165 e. The molecule has 2 N–H and O–H groups in total. The van der Waals surface area contributed by atoms with E-state index < -0.39 is 12.1 Å². The number of carbonyl (C=O) groups excluding carboxylic acids is 2. The zero-order valence-corrected chi connectivity index (χ0v) is 34.5. The third-order valence-electron chi connectivity index (χ3n) is 10.2. The van der Waals surface area contributed by atoms with Gasteiger partial charge in [-0.25, -0.2) is 0 Å². The van der Waals surface area contributed by atoms with Crippen molar-refractivity contribution in [2.24, 2.45) is 9.98 Å². The molecule has 54 heavy (non-hydrogen) atoms. The minimum atomic E-state index is -0.692. The molecule has 0 fully saturated rings. The summed E-state index contributed by atoms with van der Waals surface area (Å²) in [5.41, 5.74) is 15.0. The third-order valence-corrected chi connectivity index (χ3v) is 10.2. The van der Waals surface area contributed by atoms with Crippen LogP contribution in [0, 0.1) is 83.1 Å². The van der Waals surface area contributed by atoms with E-state index in [2.05, 4.69) is 38.1 Å². The van der Waals surface area contributed by atoms with E-state index in [4.69, 9.17) is 9.98 Å². The van der Waals surface area contributed by atoms with Crippen LogP contribution in [0.5, 0.6) is 0 Å². The maximum Gasteiger partial charge on any atom is 0.165 e. The Balaban J connectivity index is 2.11. The van der Waals surface area contributed by atoms with Crippen molar-refractivity contribution < 1.29 is 19.8 Å². The molecule has 0 unspecified atom stereocenters. The second-order valence-corrected chi connectivity index (χ2v) is 15.3. The average molecular weight is 725 g/mol. The van der Waals surface area contributed by atoms with Gasteiger partial charge in [-0.05, 0) is 153 Å². The van der Waals surface area contributed by atoms with Crippen LogP contribution in [0.3, 0.4) is 0 Å². The first-order valence-corrected chi connectivity index (χ1v) is 18.5. The summed E-state index contributed by atoms with van der Waals surface area (Å²) < 4.78 is 0. The molecular weight excluding hydrogens is 669 g/mol. The maximum absolute atomic E-state index is 13.3. The van der Waals surface area contributed by atoms with E-state index in [1.807, 2.05) is 93.5 Å². The highest BCUT2D eigenvalue weighted by molar-refractivity contribution is 6.18. The third kappa shape index (κ3) is 8.87. The Hall–Kier alpha value is -5.36. The molecule has 0 bridgehead atoms. The Morgan fingerprint density at radius 2 is 0.667 bits per heavy atom. The van der Waals surface area contributed by atoms with Gasteiger partial charge >= 0.3 is 0 Å². The molecule has 6 nitrogen and oxygen atoms in total. The lowest BCUT2D eigenvalue weighted by molar-refractivity contribution is -0.114. The Labute approximate surface area is 322 Å². The van der Waals surface area contributed by atoms with E-state index in [-0.39, 0.29) is 34.2 Å². The fourth-order valence-electron chi connectivity index (χ4n) is 8.27. The van der Waals surface area contributed by atoms with Gasteiger partial charge < -0.3 is 10.2 Å². The molecule has 0 spiro atoms. The fourth-order valence-corrected chi connectivity index (χ4v) is 8.27. The van der Waals surface area contributed by atoms with Crippen molar-refractivity contribution in [2.45, 2.75) is 109 Å². The molecule has 0 heterocycles. The number of hydrogen-bond acceptors (Lipinski definition) is 6. The normalized spacial score (nSPS) is 14.0. The molecule has 0 aliphatic carbocycles. The molecule has 0 saturated heterocycles. The molecule has 0 aliphatic rings. The number of aliphatic hydroxyl groups is 2. The number of aryl methyl sites for hydroxylation is 12. The van der Waals surface area contributed by atoms with Crippen LogP contribution in [0.4, 0.5) is 0 Å². The highest BCUT2D eigenvalue weighted by Gasteiger charge is 2.30. The number of nitrogens with zero attached hydrogens (tertiary/aromatic N) is 2. The first kappa shape index (κ1) is 41.4. The van der Waals surface area contributed by atoms with Gasteiger partial charge in [-0.2, -0.15) is 0 Å². The van der Waals surface area contributed by atoms with Crippen LogP contribution < -0.4 is 0 Å². The standard InChI is InChI=1S/C48H56N2O4/c1-25-15-29(5)41(30(6)16-25)45(49-23-39(37(13)51)47(53)43-33(9)19-27(3)20-34(43)10)46(42-31(7)17-26(2)18-32(42)8)50-24-40(38(14)52)48(54)44-35(11)21-28(4)22-36(44)12/h15-24,45-46,53-54H,1-14H3/b47-39-,48-40+,49-23?,50-24?/t45-,46-/m1/s1. The number of hydrogen-bond donors (Lipinski definition) is 2. The van der Waals surface area contributed by atoms with E-state index in [1.54, 1.807) is 0 Å². The predicted octanol–water partition coefficient (Wildman–Crippen LogP) is 11.4. The number of rotatable bonds is 11. The molecule has 4 aromatic carbocycles. The van der Waals surface area contributed by atoms with Gasteiger partial charge in [0.1, 0.15) is 23.6 Å². The minimum absolute atomic E-state index is 0.0878. The van der Waals surface area contributed by atoms with Crippen LogP contribution in [0.1, 0.15) is 115 Å². The molecule has 2 atom stereocenters. The van der Waals surface area contributed by atoms with E-state index >= 15 is 0 Å². The molecular formula is C48H56N2O4. The van der Waals surface area contributed by atoms with Crippen molar-refractivity contribution in [3.63, 3.8) is 0 Å². The number of aliphatic imine (C=N–C) groups is 2. The van der Waals surface area contributed by atoms with Gasteiger partial charge in [0.2, 0.25) is 0 Å².